The van der Waals surface area contributed by atoms with Crippen LogP contribution >= 0.6 is 0 Å². The molecule has 0 bridgehead atoms. The molecule has 1 aromatic heterocycles. The third kappa shape index (κ3) is 4.59. The SMILES string of the molecule is CC(C)CN(C(=O)Nc1ccc(F)cc1)[C@H](C)c1n[nH]c(=O)c2cc(F)ccc12. The lowest BCUT2D eigenvalue weighted by molar-refractivity contribution is 0.182. The number of aromatic nitrogens is 2. The number of hydrogen-bond donors (Lipinski definition) is 2. The second-order valence-electron chi connectivity index (χ2n) is 7.29. The molecule has 0 aliphatic heterocycles. The molecule has 0 aliphatic rings. The fraction of sp³-hybridized carbons (Fsp3) is 0.286. The number of amides is 2. The van der Waals surface area contributed by atoms with Crippen molar-refractivity contribution in [3.63, 3.8) is 0 Å². The number of hydrogen-bond acceptors (Lipinski definition) is 3. The maximum absolute atomic E-state index is 13.6. The van der Waals surface area contributed by atoms with Crippen LogP contribution in [0.4, 0.5) is 19.3 Å². The van der Waals surface area contributed by atoms with E-state index in [4.69, 9.17) is 0 Å². The summed E-state index contributed by atoms with van der Waals surface area (Å²) in [5.74, 6) is -0.768. The van der Waals surface area contributed by atoms with Gasteiger partial charge in [-0.2, -0.15) is 5.10 Å². The molecule has 0 saturated heterocycles. The Balaban J connectivity index is 1.97. The highest BCUT2D eigenvalue weighted by Gasteiger charge is 2.26. The highest BCUT2D eigenvalue weighted by molar-refractivity contribution is 5.90. The quantitative estimate of drug-likeness (QED) is 0.664. The van der Waals surface area contributed by atoms with E-state index in [1.165, 1.54) is 36.4 Å². The van der Waals surface area contributed by atoms with Crippen LogP contribution < -0.4 is 10.9 Å². The Hall–Kier alpha value is -3.29. The van der Waals surface area contributed by atoms with Crippen LogP contribution in [0, 0.1) is 17.6 Å². The van der Waals surface area contributed by atoms with Crippen LogP contribution in [-0.4, -0.2) is 27.7 Å². The van der Waals surface area contributed by atoms with Gasteiger partial charge in [0.15, 0.2) is 0 Å². The Kier molecular flexibility index (Phi) is 5.91. The number of nitrogens with one attached hydrogen (secondary N) is 2. The summed E-state index contributed by atoms with van der Waals surface area (Å²) in [6.07, 6.45) is 0. The lowest BCUT2D eigenvalue weighted by atomic mass is 10.0. The van der Waals surface area contributed by atoms with E-state index in [-0.39, 0.29) is 17.3 Å². The Bertz CT molecular complexity index is 1080. The Morgan fingerprint density at radius 1 is 1.07 bits per heavy atom. The molecule has 0 fully saturated rings. The highest BCUT2D eigenvalue weighted by Crippen LogP contribution is 2.26. The van der Waals surface area contributed by atoms with Crippen molar-refractivity contribution in [3.8, 4) is 0 Å². The zero-order valence-electron chi connectivity index (χ0n) is 16.4. The van der Waals surface area contributed by atoms with Gasteiger partial charge in [0.1, 0.15) is 11.6 Å². The standard InChI is InChI=1S/C21H22F2N4O2/c1-12(2)11-27(21(29)24-16-7-4-14(22)5-8-16)13(3)19-17-9-6-15(23)10-18(17)20(28)26-25-19/h4-10,12-13H,11H2,1-3H3,(H,24,29)(H,26,28)/t13-/m1/s1. The Morgan fingerprint density at radius 2 is 1.72 bits per heavy atom. The molecule has 29 heavy (non-hydrogen) atoms. The molecule has 3 aromatic rings. The lowest BCUT2D eigenvalue weighted by Gasteiger charge is -2.31. The van der Waals surface area contributed by atoms with Crippen molar-refractivity contribution in [2.45, 2.75) is 26.8 Å². The van der Waals surface area contributed by atoms with E-state index < -0.39 is 23.2 Å². The minimum absolute atomic E-state index is 0.155. The third-order valence-corrected chi connectivity index (χ3v) is 4.56. The van der Waals surface area contributed by atoms with Crippen molar-refractivity contribution in [2.24, 2.45) is 5.92 Å². The van der Waals surface area contributed by atoms with E-state index in [9.17, 15) is 18.4 Å². The molecule has 0 aliphatic carbocycles. The Labute approximate surface area is 166 Å². The molecule has 1 atom stereocenters. The maximum Gasteiger partial charge on any atom is 0.322 e. The summed E-state index contributed by atoms with van der Waals surface area (Å²) >= 11 is 0. The van der Waals surface area contributed by atoms with Crippen LogP contribution in [0.25, 0.3) is 10.8 Å². The van der Waals surface area contributed by atoms with Crippen molar-refractivity contribution in [2.75, 3.05) is 11.9 Å². The number of nitrogens with zero attached hydrogens (tertiary/aromatic N) is 2. The van der Waals surface area contributed by atoms with Gasteiger partial charge in [0, 0.05) is 17.6 Å². The lowest BCUT2D eigenvalue weighted by Crippen LogP contribution is -2.40. The fourth-order valence-electron chi connectivity index (χ4n) is 3.16. The first kappa shape index (κ1) is 20.4. The summed E-state index contributed by atoms with van der Waals surface area (Å²) in [4.78, 5) is 26.6. The van der Waals surface area contributed by atoms with Crippen LogP contribution in [0.15, 0.2) is 47.3 Å². The van der Waals surface area contributed by atoms with Crippen molar-refractivity contribution in [3.05, 3.63) is 70.1 Å². The number of fused-ring (bicyclic) bond motifs is 1. The molecular formula is C21H22F2N4O2. The number of halogens is 2. The monoisotopic (exact) mass is 400 g/mol. The smallest absolute Gasteiger partial charge is 0.316 e. The van der Waals surface area contributed by atoms with Gasteiger partial charge >= 0.3 is 6.03 Å². The predicted octanol–water partition coefficient (Wildman–Crippen LogP) is 4.45. The van der Waals surface area contributed by atoms with Gasteiger partial charge in [0.05, 0.1) is 17.1 Å². The molecule has 0 saturated carbocycles. The van der Waals surface area contributed by atoms with Gasteiger partial charge in [-0.3, -0.25) is 4.79 Å². The van der Waals surface area contributed by atoms with Crippen molar-refractivity contribution in [1.29, 1.82) is 0 Å². The predicted molar refractivity (Wildman–Crippen MR) is 108 cm³/mol. The largest absolute Gasteiger partial charge is 0.322 e. The normalized spacial score (nSPS) is 12.2. The first-order valence-corrected chi connectivity index (χ1v) is 9.27. The zero-order chi connectivity index (χ0) is 21.1. The topological polar surface area (TPSA) is 78.1 Å². The molecular weight excluding hydrogens is 378 g/mol. The molecule has 0 radical (unpaired) electrons. The molecule has 8 heteroatoms. The van der Waals surface area contributed by atoms with Crippen molar-refractivity contribution in [1.82, 2.24) is 15.1 Å². The van der Waals surface area contributed by atoms with Crippen LogP contribution in [0.5, 0.6) is 0 Å². The number of aromatic amines is 1. The number of rotatable bonds is 5. The maximum atomic E-state index is 13.6. The van der Waals surface area contributed by atoms with Crippen LogP contribution in [-0.2, 0) is 0 Å². The fourth-order valence-corrected chi connectivity index (χ4v) is 3.16. The number of anilines is 1. The van der Waals surface area contributed by atoms with Gasteiger partial charge < -0.3 is 10.2 Å². The second kappa shape index (κ2) is 8.38. The summed E-state index contributed by atoms with van der Waals surface area (Å²) < 4.78 is 26.7. The number of urea groups is 1. The molecule has 2 N–H and O–H groups in total. The van der Waals surface area contributed by atoms with Crippen LogP contribution in [0.2, 0.25) is 0 Å². The van der Waals surface area contributed by atoms with E-state index in [1.54, 1.807) is 11.8 Å². The number of carbonyl (C=O) groups excluding carboxylic acids is 1. The molecule has 2 aromatic carbocycles. The first-order valence-electron chi connectivity index (χ1n) is 9.27. The summed E-state index contributed by atoms with van der Waals surface area (Å²) in [5, 5.41) is 9.92. The number of benzene rings is 2. The molecule has 0 spiro atoms. The van der Waals surface area contributed by atoms with Gasteiger partial charge in [0.2, 0.25) is 0 Å². The van der Waals surface area contributed by atoms with Crippen LogP contribution in [0.1, 0.15) is 32.5 Å². The van der Waals surface area contributed by atoms with E-state index in [2.05, 4.69) is 15.5 Å². The molecule has 152 valence electrons. The van der Waals surface area contributed by atoms with E-state index in [0.29, 0.717) is 23.3 Å². The molecule has 2 amide bonds. The number of H-pyrrole nitrogens is 1. The second-order valence-corrected chi connectivity index (χ2v) is 7.29. The summed E-state index contributed by atoms with van der Waals surface area (Å²) in [6, 6.07) is 8.47. The summed E-state index contributed by atoms with van der Waals surface area (Å²) in [7, 11) is 0. The third-order valence-electron chi connectivity index (χ3n) is 4.56. The minimum atomic E-state index is -0.527. The Morgan fingerprint density at radius 3 is 2.38 bits per heavy atom. The molecule has 1 heterocycles. The van der Waals surface area contributed by atoms with Crippen LogP contribution in [0.3, 0.4) is 0 Å². The minimum Gasteiger partial charge on any atom is -0.316 e. The van der Waals surface area contributed by atoms with Crippen molar-refractivity contribution < 1.29 is 13.6 Å². The highest BCUT2D eigenvalue weighted by atomic mass is 19.1. The van der Waals surface area contributed by atoms with E-state index in [0.717, 1.165) is 6.07 Å². The molecule has 0 unspecified atom stereocenters. The van der Waals surface area contributed by atoms with Gasteiger partial charge in [-0.15, -0.1) is 0 Å². The van der Waals surface area contributed by atoms with E-state index in [1.807, 2.05) is 13.8 Å². The number of carbonyl (C=O) groups is 1. The molecule has 3 rings (SSSR count). The zero-order valence-corrected chi connectivity index (χ0v) is 16.4. The molecule has 6 nitrogen and oxygen atoms in total. The van der Waals surface area contributed by atoms with Gasteiger partial charge in [-0.05, 0) is 55.3 Å². The first-order chi connectivity index (χ1) is 13.8. The van der Waals surface area contributed by atoms with Gasteiger partial charge in [-0.25, -0.2) is 18.7 Å². The van der Waals surface area contributed by atoms with Crippen molar-refractivity contribution >= 4 is 22.5 Å². The summed E-state index contributed by atoms with van der Waals surface area (Å²) in [5.41, 5.74) is 0.412. The van der Waals surface area contributed by atoms with Gasteiger partial charge in [0.25, 0.3) is 5.56 Å². The van der Waals surface area contributed by atoms with Gasteiger partial charge in [-0.1, -0.05) is 13.8 Å². The summed E-state index contributed by atoms with van der Waals surface area (Å²) in [6.45, 7) is 6.14. The van der Waals surface area contributed by atoms with E-state index >= 15 is 0 Å². The average Bonchev–Trinajstić information content (AvgIpc) is 2.68. The average molecular weight is 400 g/mol.